The van der Waals surface area contributed by atoms with Crippen molar-refractivity contribution in [2.24, 2.45) is 0 Å². The van der Waals surface area contributed by atoms with Crippen LogP contribution in [0.3, 0.4) is 0 Å². The van der Waals surface area contributed by atoms with Crippen molar-refractivity contribution in [3.05, 3.63) is 189 Å². The average molecular weight is 727 g/mol. The fourth-order valence-corrected chi connectivity index (χ4v) is 8.35. The Balaban J connectivity index is 1.44. The number of nitrogens with one attached hydrogen (secondary N) is 2. The van der Waals surface area contributed by atoms with Crippen LogP contribution in [0, 0.1) is 41.5 Å². The number of nitrogens with zero attached hydrogens (tertiary/aromatic N) is 2. The lowest BCUT2D eigenvalue weighted by Crippen LogP contribution is -1.89. The van der Waals surface area contributed by atoms with Crippen LogP contribution in [0.2, 0.25) is 0 Å². The summed E-state index contributed by atoms with van der Waals surface area (Å²) < 4.78 is 0. The van der Waals surface area contributed by atoms with Gasteiger partial charge in [-0.1, -0.05) is 119 Å². The molecule has 9 rings (SSSR count). The molecule has 4 aromatic carbocycles. The van der Waals surface area contributed by atoms with E-state index in [1.165, 1.54) is 55.6 Å². The van der Waals surface area contributed by atoms with Crippen LogP contribution >= 0.6 is 0 Å². The van der Waals surface area contributed by atoms with Gasteiger partial charge in [0.25, 0.3) is 0 Å². The summed E-state index contributed by atoms with van der Waals surface area (Å²) in [7, 11) is 0. The van der Waals surface area contributed by atoms with E-state index >= 15 is 0 Å². The molecule has 274 valence electrons. The lowest BCUT2D eigenvalue weighted by molar-refractivity contribution is 1.25. The summed E-state index contributed by atoms with van der Waals surface area (Å²) in [5.74, 6) is 0. The van der Waals surface area contributed by atoms with Crippen LogP contribution in [-0.2, 0) is 0 Å². The molecule has 4 heteroatoms. The maximum Gasteiger partial charge on any atom is 0.0740 e. The van der Waals surface area contributed by atoms with Gasteiger partial charge in [0.15, 0.2) is 0 Å². The number of allylic oxidation sites excluding steroid dienone is 2. The molecule has 0 radical (unpaired) electrons. The van der Waals surface area contributed by atoms with Gasteiger partial charge in [-0.25, -0.2) is 9.97 Å². The molecule has 8 bridgehead atoms. The largest absolute Gasteiger partial charge is 0.355 e. The predicted molar refractivity (Wildman–Crippen MR) is 236 cm³/mol. The molecular formula is C52H46N4. The van der Waals surface area contributed by atoms with Gasteiger partial charge in [-0.05, 0) is 124 Å². The molecule has 0 saturated carbocycles. The Hall–Kier alpha value is -6.52. The van der Waals surface area contributed by atoms with Crippen molar-refractivity contribution in [3.63, 3.8) is 0 Å². The Kier molecular flexibility index (Phi) is 8.58. The summed E-state index contributed by atoms with van der Waals surface area (Å²) in [5.41, 5.74) is 26.7. The third-order valence-electron chi connectivity index (χ3n) is 11.6. The number of hydrogen-bond acceptors (Lipinski definition) is 2. The van der Waals surface area contributed by atoms with Crippen molar-refractivity contribution >= 4 is 44.4 Å². The number of aromatic nitrogens is 4. The highest BCUT2D eigenvalue weighted by atomic mass is 14.8. The molecule has 0 atom stereocenters. The van der Waals surface area contributed by atoms with Crippen molar-refractivity contribution in [2.75, 3.05) is 0 Å². The van der Waals surface area contributed by atoms with E-state index in [0.717, 1.165) is 78.3 Å². The third-order valence-corrected chi connectivity index (χ3v) is 11.6. The molecule has 0 spiro atoms. The summed E-state index contributed by atoms with van der Waals surface area (Å²) in [5, 5.41) is 0. The molecule has 0 amide bonds. The van der Waals surface area contributed by atoms with E-state index in [9.17, 15) is 0 Å². The first kappa shape index (κ1) is 35.2. The molecule has 2 N–H and O–H groups in total. The predicted octanol–water partition coefficient (Wildman–Crippen LogP) is 13.5. The Morgan fingerprint density at radius 1 is 0.321 bits per heavy atom. The van der Waals surface area contributed by atoms with Crippen LogP contribution in [-0.4, -0.2) is 19.9 Å². The summed E-state index contributed by atoms with van der Waals surface area (Å²) in [6.45, 7) is 17.4. The van der Waals surface area contributed by atoms with Gasteiger partial charge < -0.3 is 9.97 Å². The minimum Gasteiger partial charge on any atom is -0.355 e. The lowest BCUT2D eigenvalue weighted by atomic mass is 9.95. The van der Waals surface area contributed by atoms with Crippen molar-refractivity contribution in [3.8, 4) is 22.3 Å². The zero-order valence-electron chi connectivity index (χ0n) is 33.4. The van der Waals surface area contributed by atoms with Crippen LogP contribution in [0.1, 0.15) is 81.1 Å². The van der Waals surface area contributed by atoms with Crippen LogP contribution in [0.5, 0.6) is 0 Å². The van der Waals surface area contributed by atoms with E-state index in [1.807, 2.05) is 0 Å². The maximum absolute atomic E-state index is 5.43. The zero-order valence-corrected chi connectivity index (χ0v) is 33.4. The minimum atomic E-state index is 0.916. The number of benzene rings is 4. The van der Waals surface area contributed by atoms with Gasteiger partial charge in [-0.15, -0.1) is 0 Å². The summed E-state index contributed by atoms with van der Waals surface area (Å²) in [6.07, 6.45) is 0. The van der Waals surface area contributed by atoms with E-state index in [4.69, 9.17) is 9.97 Å². The van der Waals surface area contributed by atoms with Crippen LogP contribution in [0.25, 0.3) is 66.6 Å². The van der Waals surface area contributed by atoms with E-state index in [2.05, 4.69) is 187 Å². The third kappa shape index (κ3) is 6.12. The fourth-order valence-electron chi connectivity index (χ4n) is 8.35. The van der Waals surface area contributed by atoms with Gasteiger partial charge in [0, 0.05) is 44.3 Å². The Morgan fingerprint density at radius 3 is 1.07 bits per heavy atom. The summed E-state index contributed by atoms with van der Waals surface area (Å²) in [6, 6.07) is 44.3. The van der Waals surface area contributed by atoms with Gasteiger partial charge in [0.2, 0.25) is 0 Å². The SMILES string of the molecule is CC1=C(c2ccc(C)cc2)c2cc3nc(cc4[nH]c(cc5[nH]c(cc1n2)c(-c1ccc(C)cc1)c5C)c(-c1ccc(C)cc1)c4C)C(c1ccc(C)cc1)=C3C. The highest BCUT2D eigenvalue weighted by Crippen LogP contribution is 2.41. The van der Waals surface area contributed by atoms with E-state index in [-0.39, 0.29) is 0 Å². The van der Waals surface area contributed by atoms with E-state index in [1.54, 1.807) is 0 Å². The quantitative estimate of drug-likeness (QED) is 0.190. The summed E-state index contributed by atoms with van der Waals surface area (Å²) in [4.78, 5) is 18.6. The molecule has 56 heavy (non-hydrogen) atoms. The highest BCUT2D eigenvalue weighted by molar-refractivity contribution is 6.03. The molecule has 0 fully saturated rings. The second-order valence-corrected chi connectivity index (χ2v) is 15.7. The van der Waals surface area contributed by atoms with Crippen LogP contribution in [0.15, 0.2) is 121 Å². The number of aryl methyl sites for hydroxylation is 6. The smallest absolute Gasteiger partial charge is 0.0740 e. The van der Waals surface area contributed by atoms with Crippen molar-refractivity contribution in [1.29, 1.82) is 0 Å². The molecule has 3 aromatic heterocycles. The van der Waals surface area contributed by atoms with Crippen molar-refractivity contribution in [1.82, 2.24) is 19.9 Å². The van der Waals surface area contributed by atoms with Gasteiger partial charge >= 0.3 is 0 Å². The first-order valence-electron chi connectivity index (χ1n) is 19.5. The molecule has 0 aliphatic carbocycles. The maximum atomic E-state index is 5.43. The Morgan fingerprint density at radius 2 is 0.643 bits per heavy atom. The van der Waals surface area contributed by atoms with E-state index in [0.29, 0.717) is 0 Å². The first-order chi connectivity index (χ1) is 27.0. The van der Waals surface area contributed by atoms with Crippen LogP contribution in [0.4, 0.5) is 0 Å². The van der Waals surface area contributed by atoms with Gasteiger partial charge in [-0.3, -0.25) is 0 Å². The number of rotatable bonds is 4. The molecule has 7 aromatic rings. The van der Waals surface area contributed by atoms with Gasteiger partial charge in [0.1, 0.15) is 0 Å². The normalized spacial score (nSPS) is 12.9. The number of hydrogen-bond donors (Lipinski definition) is 2. The van der Waals surface area contributed by atoms with Crippen molar-refractivity contribution < 1.29 is 0 Å². The molecule has 0 unspecified atom stereocenters. The lowest BCUT2D eigenvalue weighted by Gasteiger charge is -2.07. The minimum absolute atomic E-state index is 0.916. The van der Waals surface area contributed by atoms with Gasteiger partial charge in [-0.2, -0.15) is 0 Å². The second-order valence-electron chi connectivity index (χ2n) is 15.7. The monoisotopic (exact) mass is 726 g/mol. The topological polar surface area (TPSA) is 57.4 Å². The van der Waals surface area contributed by atoms with Crippen molar-refractivity contribution in [2.45, 2.75) is 55.4 Å². The molecule has 2 aliphatic heterocycles. The first-order valence-corrected chi connectivity index (χ1v) is 19.5. The Labute approximate surface area is 329 Å². The standard InChI is InChI=1S/C52H46N4/c1-29-9-17-37(18-10-29)49-33(5)41-26-46-51(39-21-13-31(3)14-22-39)35(7)43(55-46)28-48-52(40-23-15-32(4)16-24-40)36(8)44(56-48)27-47-50(38-19-11-30(2)12-20-38)34(6)42(54-47)25-45(49)53-41/h9-28,53-54H,1-8H3. The average Bonchev–Trinajstić information content (AvgIpc) is 3.86. The molecular weight excluding hydrogens is 681 g/mol. The summed E-state index contributed by atoms with van der Waals surface area (Å²) >= 11 is 0. The molecule has 5 heterocycles. The highest BCUT2D eigenvalue weighted by Gasteiger charge is 2.24. The number of fused-ring (bicyclic) bond motifs is 8. The molecule has 0 saturated heterocycles. The second kappa shape index (κ2) is 13.6. The zero-order chi connectivity index (χ0) is 38.8. The van der Waals surface area contributed by atoms with Crippen LogP contribution < -0.4 is 0 Å². The van der Waals surface area contributed by atoms with E-state index < -0.39 is 0 Å². The molecule has 2 aliphatic rings. The fraction of sp³-hybridized carbons (Fsp3) is 0.154. The number of H-pyrrole nitrogens is 2. The Bertz CT molecular complexity index is 2930. The van der Waals surface area contributed by atoms with Gasteiger partial charge in [0.05, 0.1) is 22.8 Å². The molecule has 4 nitrogen and oxygen atoms in total. The number of aromatic amines is 2.